The second kappa shape index (κ2) is 20.2. The summed E-state index contributed by atoms with van der Waals surface area (Å²) in [6, 6.07) is 84.0. The van der Waals surface area contributed by atoms with E-state index < -0.39 is 0 Å². The summed E-state index contributed by atoms with van der Waals surface area (Å²) in [5, 5.41) is 4.92. The van der Waals surface area contributed by atoms with Crippen LogP contribution in [0.5, 0.6) is 0 Å². The third-order valence-corrected chi connectivity index (χ3v) is 13.1. The van der Waals surface area contributed by atoms with Crippen LogP contribution in [0, 0.1) is 27.7 Å². The Hall–Kier alpha value is -8.46. The highest BCUT2D eigenvalue weighted by Crippen LogP contribution is 2.39. The quantitative estimate of drug-likeness (QED) is 0.106. The molecule has 0 aliphatic carbocycles. The first kappa shape index (κ1) is 44.4. The molecular weight excluding hydrogens is 833 g/mol. The highest BCUT2D eigenvalue weighted by atomic mass is 15.1. The SMILES string of the molecule is Cc1ccc(N(c2ccc(C)cc2)c2ccc(\C(=C/C=C/C=C/C(c3ccc(N(c4ccc(C)cc4)c4ccc(C)cc4)cc3)c3ccc4ccccc4c3)c3ccc4ccccc4c3)cc2)cc1. The van der Waals surface area contributed by atoms with Crippen molar-refractivity contribution < 1.29 is 0 Å². The standard InChI is InChI=1S/C67H56N2/c1-48-18-34-60(35-19-48)68(61-36-20-49(2)21-37-61)64-42-30-54(31-43-64)66(58-28-26-52-12-8-10-14-56(52)46-58)16-6-5-7-17-67(59-29-27-53-13-9-11-15-57(53)47-59)55-32-44-65(45-33-55)69(62-38-22-50(3)23-39-62)63-40-24-51(4)25-41-63/h5-47,66H,1-4H3/b7-5+,16-6+,67-17+. The van der Waals surface area contributed by atoms with Gasteiger partial charge in [0.25, 0.3) is 0 Å². The van der Waals surface area contributed by atoms with Gasteiger partial charge in [0.15, 0.2) is 0 Å². The Bertz CT molecular complexity index is 3340. The van der Waals surface area contributed by atoms with Crippen LogP contribution in [0.4, 0.5) is 34.1 Å². The highest BCUT2D eigenvalue weighted by molar-refractivity contribution is 5.91. The Morgan fingerprint density at radius 2 is 0.681 bits per heavy atom. The van der Waals surface area contributed by atoms with Gasteiger partial charge in [-0.15, -0.1) is 0 Å². The van der Waals surface area contributed by atoms with E-state index in [1.807, 2.05) is 0 Å². The van der Waals surface area contributed by atoms with E-state index in [-0.39, 0.29) is 5.92 Å². The average molecular weight is 889 g/mol. The maximum absolute atomic E-state index is 2.34. The lowest BCUT2D eigenvalue weighted by Crippen LogP contribution is -2.10. The van der Waals surface area contributed by atoms with Crippen molar-refractivity contribution in [2.24, 2.45) is 0 Å². The molecule has 10 aromatic carbocycles. The molecule has 0 N–H and O–H groups in total. The molecule has 0 aromatic heterocycles. The van der Waals surface area contributed by atoms with Crippen molar-refractivity contribution in [3.63, 3.8) is 0 Å². The van der Waals surface area contributed by atoms with Crippen molar-refractivity contribution in [2.45, 2.75) is 33.6 Å². The summed E-state index contributed by atoms with van der Waals surface area (Å²) in [6.45, 7) is 8.54. The van der Waals surface area contributed by atoms with Crippen LogP contribution in [0.15, 0.2) is 261 Å². The second-order valence-electron chi connectivity index (χ2n) is 18.1. The molecule has 1 unspecified atom stereocenters. The smallest absolute Gasteiger partial charge is 0.0462 e. The lowest BCUT2D eigenvalue weighted by atomic mass is 9.89. The van der Waals surface area contributed by atoms with Crippen molar-refractivity contribution in [1.82, 2.24) is 0 Å². The lowest BCUT2D eigenvalue weighted by molar-refractivity contribution is 1.03. The largest absolute Gasteiger partial charge is 0.311 e. The molecule has 1 atom stereocenters. The van der Waals surface area contributed by atoms with E-state index >= 15 is 0 Å². The first-order valence-electron chi connectivity index (χ1n) is 23.9. The molecule has 0 spiro atoms. The van der Waals surface area contributed by atoms with Gasteiger partial charge < -0.3 is 9.80 Å². The minimum Gasteiger partial charge on any atom is -0.311 e. The predicted octanol–water partition coefficient (Wildman–Crippen LogP) is 18.5. The van der Waals surface area contributed by atoms with E-state index in [0.29, 0.717) is 0 Å². The molecule has 0 saturated carbocycles. The highest BCUT2D eigenvalue weighted by Gasteiger charge is 2.17. The fourth-order valence-corrected chi connectivity index (χ4v) is 9.21. The van der Waals surface area contributed by atoms with Crippen LogP contribution >= 0.6 is 0 Å². The van der Waals surface area contributed by atoms with Gasteiger partial charge >= 0.3 is 0 Å². The number of hydrogen-bond donors (Lipinski definition) is 0. The van der Waals surface area contributed by atoms with E-state index in [1.54, 1.807) is 0 Å². The summed E-state index contributed by atoms with van der Waals surface area (Å²) in [6.07, 6.45) is 11.1. The fraction of sp³-hybridized carbons (Fsp3) is 0.0746. The number of allylic oxidation sites excluding steroid dienone is 5. The van der Waals surface area contributed by atoms with Crippen LogP contribution in [0.2, 0.25) is 0 Å². The molecule has 10 aromatic rings. The molecule has 334 valence electrons. The number of rotatable bonds is 13. The summed E-state index contributed by atoms with van der Waals surface area (Å²) in [5.41, 5.74) is 17.6. The van der Waals surface area contributed by atoms with Crippen LogP contribution in [0.3, 0.4) is 0 Å². The van der Waals surface area contributed by atoms with Gasteiger partial charge in [-0.25, -0.2) is 0 Å². The molecule has 0 saturated heterocycles. The number of fused-ring (bicyclic) bond motifs is 2. The van der Waals surface area contributed by atoms with E-state index in [0.717, 1.165) is 45.3 Å². The number of benzene rings is 10. The summed E-state index contributed by atoms with van der Waals surface area (Å²) < 4.78 is 0. The van der Waals surface area contributed by atoms with E-state index in [4.69, 9.17) is 0 Å². The zero-order valence-electron chi connectivity index (χ0n) is 39.8. The van der Waals surface area contributed by atoms with E-state index in [9.17, 15) is 0 Å². The maximum atomic E-state index is 2.34. The van der Waals surface area contributed by atoms with Crippen LogP contribution in [0.1, 0.15) is 50.4 Å². The third kappa shape index (κ3) is 10.1. The monoisotopic (exact) mass is 888 g/mol. The summed E-state index contributed by atoms with van der Waals surface area (Å²) in [4.78, 5) is 4.67. The minimum absolute atomic E-state index is 0.0296. The minimum atomic E-state index is 0.0296. The Morgan fingerprint density at radius 3 is 1.14 bits per heavy atom. The molecule has 69 heavy (non-hydrogen) atoms. The molecule has 0 heterocycles. The molecule has 0 amide bonds. The molecule has 0 bridgehead atoms. The van der Waals surface area contributed by atoms with Gasteiger partial charge in [-0.05, 0) is 156 Å². The Kier molecular flexibility index (Phi) is 13.0. The van der Waals surface area contributed by atoms with Crippen LogP contribution in [0.25, 0.3) is 27.1 Å². The van der Waals surface area contributed by atoms with Crippen molar-refractivity contribution in [3.8, 4) is 0 Å². The molecule has 10 rings (SSSR count). The molecular formula is C67H56N2. The van der Waals surface area contributed by atoms with Crippen LogP contribution in [-0.2, 0) is 0 Å². The van der Waals surface area contributed by atoms with Gasteiger partial charge in [-0.1, -0.05) is 204 Å². The number of hydrogen-bond acceptors (Lipinski definition) is 2. The number of nitrogens with zero attached hydrogens (tertiary/aromatic N) is 2. The summed E-state index contributed by atoms with van der Waals surface area (Å²) in [5.74, 6) is 0.0296. The zero-order chi connectivity index (χ0) is 47.1. The normalized spacial score (nSPS) is 12.3. The van der Waals surface area contributed by atoms with Crippen LogP contribution < -0.4 is 9.80 Å². The van der Waals surface area contributed by atoms with Gasteiger partial charge in [-0.2, -0.15) is 0 Å². The van der Waals surface area contributed by atoms with Gasteiger partial charge in [-0.3, -0.25) is 0 Å². The van der Waals surface area contributed by atoms with Crippen molar-refractivity contribution in [2.75, 3.05) is 9.80 Å². The molecule has 0 aliphatic rings. The molecule has 0 radical (unpaired) electrons. The van der Waals surface area contributed by atoms with Crippen molar-refractivity contribution >= 4 is 61.2 Å². The van der Waals surface area contributed by atoms with Crippen LogP contribution in [-0.4, -0.2) is 0 Å². The molecule has 0 aliphatic heterocycles. The van der Waals surface area contributed by atoms with Gasteiger partial charge in [0, 0.05) is 40.0 Å². The van der Waals surface area contributed by atoms with Crippen molar-refractivity contribution in [3.05, 3.63) is 305 Å². The Labute approximate surface area is 408 Å². The lowest BCUT2D eigenvalue weighted by Gasteiger charge is -2.26. The fourth-order valence-electron chi connectivity index (χ4n) is 9.21. The summed E-state index contributed by atoms with van der Waals surface area (Å²) in [7, 11) is 0. The number of aryl methyl sites for hydroxylation is 4. The molecule has 2 heteroatoms. The first-order valence-corrected chi connectivity index (χ1v) is 23.9. The number of anilines is 6. The Balaban J connectivity index is 0.998. The second-order valence-corrected chi connectivity index (χ2v) is 18.1. The summed E-state index contributed by atoms with van der Waals surface area (Å²) >= 11 is 0. The van der Waals surface area contributed by atoms with Crippen molar-refractivity contribution in [1.29, 1.82) is 0 Å². The third-order valence-electron chi connectivity index (χ3n) is 13.1. The van der Waals surface area contributed by atoms with E-state index in [2.05, 4.69) is 298 Å². The van der Waals surface area contributed by atoms with E-state index in [1.165, 1.54) is 60.5 Å². The van der Waals surface area contributed by atoms with Gasteiger partial charge in [0.05, 0.1) is 0 Å². The molecule has 2 nitrogen and oxygen atoms in total. The maximum Gasteiger partial charge on any atom is 0.0462 e. The first-order chi connectivity index (χ1) is 33.8. The van der Waals surface area contributed by atoms with Gasteiger partial charge in [0.1, 0.15) is 0 Å². The Morgan fingerprint density at radius 1 is 0.319 bits per heavy atom. The topological polar surface area (TPSA) is 6.48 Å². The average Bonchev–Trinajstić information content (AvgIpc) is 3.39. The zero-order valence-corrected chi connectivity index (χ0v) is 39.8. The van der Waals surface area contributed by atoms with Gasteiger partial charge in [0.2, 0.25) is 0 Å². The predicted molar refractivity (Wildman–Crippen MR) is 296 cm³/mol. The molecule has 0 fully saturated rings.